The molecule has 1 atom stereocenters. The van der Waals surface area contributed by atoms with Crippen LogP contribution < -0.4 is 5.32 Å². The fraction of sp³-hybridized carbons (Fsp3) is 0.524. The highest BCUT2D eigenvalue weighted by Gasteiger charge is 2.36. The van der Waals surface area contributed by atoms with E-state index in [1.165, 1.54) is 4.31 Å². The van der Waals surface area contributed by atoms with E-state index in [-0.39, 0.29) is 29.0 Å². The minimum absolute atomic E-state index is 0.0737. The summed E-state index contributed by atoms with van der Waals surface area (Å²) < 4.78 is 33.5. The molecule has 1 aliphatic rings. The Morgan fingerprint density at radius 1 is 1.43 bits per heavy atom. The Morgan fingerprint density at radius 3 is 2.93 bits per heavy atom. The molecule has 0 unspecified atom stereocenters. The topological polar surface area (TPSA) is 92.5 Å². The van der Waals surface area contributed by atoms with Crippen LogP contribution in [-0.2, 0) is 14.8 Å². The second-order valence-corrected chi connectivity index (χ2v) is 10.8. The number of aromatic nitrogens is 1. The monoisotopic (exact) mass is 451 g/mol. The highest BCUT2D eigenvalue weighted by atomic mass is 32.2. The van der Waals surface area contributed by atoms with E-state index in [1.54, 1.807) is 24.3 Å². The summed E-state index contributed by atoms with van der Waals surface area (Å²) in [6.45, 7) is 7.01. The van der Waals surface area contributed by atoms with Gasteiger partial charge in [0.1, 0.15) is 5.69 Å². The summed E-state index contributed by atoms with van der Waals surface area (Å²) >= 11 is 1.55. The second kappa shape index (κ2) is 9.89. The summed E-state index contributed by atoms with van der Waals surface area (Å²) in [7, 11) is -3.82. The minimum Gasteiger partial charge on any atom is -0.356 e. The fourth-order valence-electron chi connectivity index (χ4n) is 3.47. The van der Waals surface area contributed by atoms with E-state index in [2.05, 4.69) is 24.3 Å². The molecule has 0 spiro atoms. The maximum Gasteiger partial charge on any atom is 0.248 e. The van der Waals surface area contributed by atoms with Crippen molar-refractivity contribution >= 4 is 39.4 Å². The Balaban J connectivity index is 1.75. The number of hydrogen-bond acceptors (Lipinski definition) is 6. The molecule has 164 valence electrons. The molecule has 0 saturated carbocycles. The zero-order chi connectivity index (χ0) is 21.7. The van der Waals surface area contributed by atoms with Gasteiger partial charge >= 0.3 is 0 Å². The van der Waals surface area contributed by atoms with Crippen molar-refractivity contribution in [1.82, 2.24) is 14.8 Å². The van der Waals surface area contributed by atoms with Gasteiger partial charge in [0, 0.05) is 24.5 Å². The number of aryl methyl sites for hydroxylation is 1. The zero-order valence-corrected chi connectivity index (χ0v) is 19.3. The van der Waals surface area contributed by atoms with E-state index < -0.39 is 10.0 Å². The molecule has 1 aliphatic heterocycles. The van der Waals surface area contributed by atoms with E-state index in [0.717, 1.165) is 11.3 Å². The molecule has 1 fully saturated rings. The Hall–Kier alpha value is -1.97. The van der Waals surface area contributed by atoms with Crippen molar-refractivity contribution in [2.24, 2.45) is 11.8 Å². The smallest absolute Gasteiger partial charge is 0.248 e. The molecule has 0 radical (unpaired) electrons. The molecule has 3 rings (SSSR count). The maximum absolute atomic E-state index is 13.4. The van der Waals surface area contributed by atoms with Crippen molar-refractivity contribution in [2.75, 3.05) is 19.6 Å². The van der Waals surface area contributed by atoms with Crippen LogP contribution in [0.3, 0.4) is 0 Å². The van der Waals surface area contributed by atoms with Crippen molar-refractivity contribution in [3.05, 3.63) is 33.8 Å². The second-order valence-electron chi connectivity index (χ2n) is 7.99. The Morgan fingerprint density at radius 2 is 2.23 bits per heavy atom. The van der Waals surface area contributed by atoms with Crippen LogP contribution in [0.25, 0.3) is 12.2 Å². The summed E-state index contributed by atoms with van der Waals surface area (Å²) in [4.78, 5) is 13.6. The summed E-state index contributed by atoms with van der Waals surface area (Å²) in [6, 6.07) is 3.86. The fourth-order valence-corrected chi connectivity index (χ4v) is 5.87. The first kappa shape index (κ1) is 22.7. The molecule has 1 N–H and O–H groups in total. The van der Waals surface area contributed by atoms with Crippen molar-refractivity contribution in [3.8, 4) is 0 Å². The molecular formula is C21H29N3O4S2. The third kappa shape index (κ3) is 5.39. The summed E-state index contributed by atoms with van der Waals surface area (Å²) in [5.41, 5.74) is 0.323. The standard InChI is InChI=1S/C21H29N3O4S2/c1-15(2)10-11-22-21(25)17-6-4-12-24(14-17)30(26,27)20-16(3)23-28-19(20)9-8-18-7-5-13-29-18/h5,7-9,13,15,17H,4,6,10-12,14H2,1-3H3,(H,22,25)/b9-8+/t17-/m0/s1. The van der Waals surface area contributed by atoms with Gasteiger partial charge in [0.05, 0.1) is 5.92 Å². The van der Waals surface area contributed by atoms with Gasteiger partial charge in [0.2, 0.25) is 15.9 Å². The lowest BCUT2D eigenvalue weighted by atomic mass is 9.98. The van der Waals surface area contributed by atoms with Gasteiger partial charge in [-0.25, -0.2) is 8.42 Å². The molecule has 1 saturated heterocycles. The largest absolute Gasteiger partial charge is 0.356 e. The van der Waals surface area contributed by atoms with Crippen molar-refractivity contribution in [1.29, 1.82) is 0 Å². The maximum atomic E-state index is 13.4. The average Bonchev–Trinajstić information content (AvgIpc) is 3.35. The van der Waals surface area contributed by atoms with Crippen LogP contribution in [0.1, 0.15) is 49.4 Å². The Bertz CT molecular complexity index is 978. The van der Waals surface area contributed by atoms with E-state index >= 15 is 0 Å². The number of carbonyl (C=O) groups is 1. The van der Waals surface area contributed by atoms with Gasteiger partial charge in [0.25, 0.3) is 0 Å². The first-order valence-corrected chi connectivity index (χ1v) is 12.6. The predicted molar refractivity (Wildman–Crippen MR) is 118 cm³/mol. The average molecular weight is 452 g/mol. The zero-order valence-electron chi connectivity index (χ0n) is 17.6. The quantitative estimate of drug-likeness (QED) is 0.659. The van der Waals surface area contributed by atoms with Gasteiger partial charge in [0.15, 0.2) is 10.7 Å². The van der Waals surface area contributed by atoms with Crippen LogP contribution >= 0.6 is 11.3 Å². The van der Waals surface area contributed by atoms with Gasteiger partial charge in [-0.3, -0.25) is 4.79 Å². The number of carbonyl (C=O) groups excluding carboxylic acids is 1. The van der Waals surface area contributed by atoms with Gasteiger partial charge in [-0.1, -0.05) is 25.1 Å². The molecule has 0 bridgehead atoms. The molecule has 7 nitrogen and oxygen atoms in total. The molecule has 0 aromatic carbocycles. The minimum atomic E-state index is -3.82. The summed E-state index contributed by atoms with van der Waals surface area (Å²) in [5.74, 6) is 0.302. The summed E-state index contributed by atoms with van der Waals surface area (Å²) in [5, 5.41) is 8.78. The van der Waals surface area contributed by atoms with E-state index in [4.69, 9.17) is 4.52 Å². The van der Waals surface area contributed by atoms with Crippen molar-refractivity contribution in [3.63, 3.8) is 0 Å². The summed E-state index contributed by atoms with van der Waals surface area (Å²) in [6.07, 6.45) is 5.68. The van der Waals surface area contributed by atoms with Crippen LogP contribution in [0.15, 0.2) is 26.9 Å². The lowest BCUT2D eigenvalue weighted by Crippen LogP contribution is -2.45. The number of nitrogens with zero attached hydrogens (tertiary/aromatic N) is 2. The molecular weight excluding hydrogens is 422 g/mol. The van der Waals surface area contributed by atoms with Gasteiger partial charge in [-0.05, 0) is 55.7 Å². The Labute approximate surface area is 182 Å². The first-order chi connectivity index (χ1) is 14.3. The number of amides is 1. The lowest BCUT2D eigenvalue weighted by Gasteiger charge is -2.31. The van der Waals surface area contributed by atoms with Crippen LogP contribution in [0, 0.1) is 18.8 Å². The van der Waals surface area contributed by atoms with Crippen molar-refractivity contribution in [2.45, 2.75) is 44.9 Å². The molecule has 9 heteroatoms. The number of sulfonamides is 1. The number of hydrogen-bond donors (Lipinski definition) is 1. The number of nitrogens with one attached hydrogen (secondary N) is 1. The normalized spacial score (nSPS) is 18.3. The SMILES string of the molecule is Cc1noc(/C=C/c2cccs2)c1S(=O)(=O)N1CCC[C@H](C(=O)NCCC(C)C)C1. The van der Waals surface area contributed by atoms with Crippen LogP contribution in [0.2, 0.25) is 0 Å². The third-order valence-corrected chi connectivity index (χ3v) is 8.01. The molecule has 3 heterocycles. The highest BCUT2D eigenvalue weighted by molar-refractivity contribution is 7.89. The van der Waals surface area contributed by atoms with Gasteiger partial charge < -0.3 is 9.84 Å². The third-order valence-electron chi connectivity index (χ3n) is 5.15. The molecule has 0 aliphatic carbocycles. The van der Waals surface area contributed by atoms with E-state index in [1.807, 2.05) is 23.6 Å². The number of piperidine rings is 1. The molecule has 2 aromatic heterocycles. The van der Waals surface area contributed by atoms with E-state index in [9.17, 15) is 13.2 Å². The van der Waals surface area contributed by atoms with Crippen LogP contribution in [0.4, 0.5) is 0 Å². The van der Waals surface area contributed by atoms with Gasteiger partial charge in [-0.15, -0.1) is 11.3 Å². The van der Waals surface area contributed by atoms with Crippen molar-refractivity contribution < 1.29 is 17.7 Å². The van der Waals surface area contributed by atoms with E-state index in [0.29, 0.717) is 37.5 Å². The number of rotatable bonds is 8. The molecule has 30 heavy (non-hydrogen) atoms. The predicted octanol–water partition coefficient (Wildman–Crippen LogP) is 3.78. The van der Waals surface area contributed by atoms with Gasteiger partial charge in [-0.2, -0.15) is 4.31 Å². The first-order valence-electron chi connectivity index (χ1n) is 10.2. The molecule has 2 aromatic rings. The Kier molecular flexibility index (Phi) is 7.49. The van der Waals surface area contributed by atoms with Crippen LogP contribution in [-0.4, -0.2) is 43.4 Å². The van der Waals surface area contributed by atoms with Crippen LogP contribution in [0.5, 0.6) is 0 Å². The highest BCUT2D eigenvalue weighted by Crippen LogP contribution is 2.29. The lowest BCUT2D eigenvalue weighted by molar-refractivity contribution is -0.126. The molecule has 1 amide bonds. The number of thiophene rings is 1.